The highest BCUT2D eigenvalue weighted by Crippen LogP contribution is 2.08. The summed E-state index contributed by atoms with van der Waals surface area (Å²) in [5, 5.41) is 6.28. The molecule has 1 heterocycles. The average Bonchev–Trinajstić information content (AvgIpc) is 2.09. The fourth-order valence-electron chi connectivity index (χ4n) is 1.09. The Morgan fingerprint density at radius 2 is 2.55 bits per heavy atom. The van der Waals surface area contributed by atoms with Crippen molar-refractivity contribution in [2.24, 2.45) is 0 Å². The molecule has 0 spiro atoms. The van der Waals surface area contributed by atoms with Crippen LogP contribution in [-0.2, 0) is 0 Å². The molecule has 0 aliphatic carbocycles. The van der Waals surface area contributed by atoms with Crippen LogP contribution >= 0.6 is 0 Å². The summed E-state index contributed by atoms with van der Waals surface area (Å²) in [4.78, 5) is 0. The third-order valence-electron chi connectivity index (χ3n) is 1.66. The molecule has 1 rings (SSSR count). The Bertz CT molecular complexity index is 212. The topological polar surface area (TPSA) is 24.1 Å². The lowest BCUT2D eigenvalue weighted by atomic mass is 10.1. The molecule has 2 heteroatoms. The zero-order chi connectivity index (χ0) is 8.10. The van der Waals surface area contributed by atoms with Crippen molar-refractivity contribution in [3.05, 3.63) is 35.7 Å². The van der Waals surface area contributed by atoms with Crippen molar-refractivity contribution in [3.63, 3.8) is 0 Å². The minimum atomic E-state index is 0.935. The van der Waals surface area contributed by atoms with Crippen LogP contribution in [0.4, 0.5) is 0 Å². The molecule has 0 aromatic heterocycles. The molecule has 11 heavy (non-hydrogen) atoms. The molecule has 2 N–H and O–H groups in total. The van der Waals surface area contributed by atoms with Gasteiger partial charge in [-0.05, 0) is 6.92 Å². The summed E-state index contributed by atoms with van der Waals surface area (Å²) < 4.78 is 0. The third kappa shape index (κ3) is 1.87. The Morgan fingerprint density at radius 3 is 3.00 bits per heavy atom. The Labute approximate surface area is 67.7 Å². The standard InChI is InChI=1S/C9H14N2/c1-3-9(10-2)8-5-4-6-11-7-8/h3-5,7,10-11H,6H2,1-2H3/b9-3-. The van der Waals surface area contributed by atoms with Gasteiger partial charge in [0.25, 0.3) is 0 Å². The second-order valence-corrected chi connectivity index (χ2v) is 2.36. The highest BCUT2D eigenvalue weighted by Gasteiger charge is 1.99. The van der Waals surface area contributed by atoms with E-state index in [0.717, 1.165) is 12.2 Å². The minimum Gasteiger partial charge on any atom is -0.388 e. The largest absolute Gasteiger partial charge is 0.388 e. The summed E-state index contributed by atoms with van der Waals surface area (Å²) in [6, 6.07) is 0. The molecule has 0 aromatic rings. The van der Waals surface area contributed by atoms with E-state index in [1.54, 1.807) is 0 Å². The quantitative estimate of drug-likeness (QED) is 0.617. The van der Waals surface area contributed by atoms with Gasteiger partial charge < -0.3 is 10.6 Å². The Balaban J connectivity index is 2.73. The molecule has 1 aliphatic heterocycles. The van der Waals surface area contributed by atoms with E-state index < -0.39 is 0 Å². The van der Waals surface area contributed by atoms with Gasteiger partial charge in [-0.25, -0.2) is 0 Å². The van der Waals surface area contributed by atoms with E-state index in [1.165, 1.54) is 5.57 Å². The number of hydrogen-bond acceptors (Lipinski definition) is 2. The first-order chi connectivity index (χ1) is 5.38. The highest BCUT2D eigenvalue weighted by molar-refractivity contribution is 5.39. The normalized spacial score (nSPS) is 17.3. The van der Waals surface area contributed by atoms with Crippen LogP contribution in [0.15, 0.2) is 35.7 Å². The van der Waals surface area contributed by atoms with Gasteiger partial charge in [0.15, 0.2) is 0 Å². The van der Waals surface area contributed by atoms with E-state index in [9.17, 15) is 0 Å². The molecule has 0 saturated carbocycles. The van der Waals surface area contributed by atoms with E-state index in [4.69, 9.17) is 0 Å². The lowest BCUT2D eigenvalue weighted by Gasteiger charge is -2.11. The summed E-state index contributed by atoms with van der Waals surface area (Å²) in [5.41, 5.74) is 2.37. The average molecular weight is 150 g/mol. The predicted octanol–water partition coefficient (Wildman–Crippen LogP) is 1.15. The van der Waals surface area contributed by atoms with E-state index in [0.29, 0.717) is 0 Å². The minimum absolute atomic E-state index is 0.935. The SMILES string of the molecule is C/C=C(\NC)C1=CNCC=C1. The van der Waals surface area contributed by atoms with Gasteiger partial charge in [-0.15, -0.1) is 0 Å². The monoisotopic (exact) mass is 150 g/mol. The van der Waals surface area contributed by atoms with E-state index in [-0.39, 0.29) is 0 Å². The van der Waals surface area contributed by atoms with Gasteiger partial charge in [0.2, 0.25) is 0 Å². The first kappa shape index (κ1) is 7.92. The van der Waals surface area contributed by atoms with Crippen molar-refractivity contribution in [1.29, 1.82) is 0 Å². The smallest absolute Gasteiger partial charge is 0.0382 e. The first-order valence-corrected chi connectivity index (χ1v) is 3.83. The van der Waals surface area contributed by atoms with Crippen LogP contribution in [0.2, 0.25) is 0 Å². The molecule has 0 aromatic carbocycles. The van der Waals surface area contributed by atoms with E-state index >= 15 is 0 Å². The maximum atomic E-state index is 3.15. The van der Waals surface area contributed by atoms with Gasteiger partial charge >= 0.3 is 0 Å². The molecule has 60 valence electrons. The van der Waals surface area contributed by atoms with Crippen LogP contribution in [-0.4, -0.2) is 13.6 Å². The van der Waals surface area contributed by atoms with Crippen LogP contribution in [0.25, 0.3) is 0 Å². The zero-order valence-electron chi connectivity index (χ0n) is 7.02. The van der Waals surface area contributed by atoms with Crippen LogP contribution < -0.4 is 10.6 Å². The second-order valence-electron chi connectivity index (χ2n) is 2.36. The molecule has 2 nitrogen and oxygen atoms in total. The number of dihydropyridines is 1. The molecular formula is C9H14N2. The number of nitrogens with one attached hydrogen (secondary N) is 2. The van der Waals surface area contributed by atoms with Gasteiger partial charge in [-0.2, -0.15) is 0 Å². The van der Waals surface area contributed by atoms with Crippen molar-refractivity contribution in [2.45, 2.75) is 6.92 Å². The third-order valence-corrected chi connectivity index (χ3v) is 1.66. The zero-order valence-corrected chi connectivity index (χ0v) is 7.02. The summed E-state index contributed by atoms with van der Waals surface area (Å²) >= 11 is 0. The van der Waals surface area contributed by atoms with Crippen molar-refractivity contribution in [3.8, 4) is 0 Å². The fraction of sp³-hybridized carbons (Fsp3) is 0.333. The van der Waals surface area contributed by atoms with Crippen LogP contribution in [0.3, 0.4) is 0 Å². The van der Waals surface area contributed by atoms with Crippen molar-refractivity contribution in [1.82, 2.24) is 10.6 Å². The maximum absolute atomic E-state index is 3.15. The lowest BCUT2D eigenvalue weighted by Crippen LogP contribution is -2.14. The molecule has 0 amide bonds. The first-order valence-electron chi connectivity index (χ1n) is 3.83. The van der Waals surface area contributed by atoms with Crippen molar-refractivity contribution >= 4 is 0 Å². The molecule has 0 fully saturated rings. The number of rotatable bonds is 2. The number of likely N-dealkylation sites (N-methyl/N-ethyl adjacent to an activating group) is 1. The van der Waals surface area contributed by atoms with Crippen molar-refractivity contribution < 1.29 is 0 Å². The molecule has 0 bridgehead atoms. The highest BCUT2D eigenvalue weighted by atomic mass is 14.9. The summed E-state index contributed by atoms with van der Waals surface area (Å²) in [5.74, 6) is 0. The van der Waals surface area contributed by atoms with Gasteiger partial charge in [-0.3, -0.25) is 0 Å². The van der Waals surface area contributed by atoms with E-state index in [1.807, 2.05) is 20.2 Å². The summed E-state index contributed by atoms with van der Waals surface area (Å²) in [7, 11) is 1.93. The number of hydrogen-bond donors (Lipinski definition) is 2. The van der Waals surface area contributed by atoms with Crippen molar-refractivity contribution in [2.75, 3.05) is 13.6 Å². The molecule has 0 unspecified atom stereocenters. The predicted molar refractivity (Wildman–Crippen MR) is 48.0 cm³/mol. The summed E-state index contributed by atoms with van der Waals surface area (Å²) in [6.45, 7) is 2.96. The van der Waals surface area contributed by atoms with Gasteiger partial charge in [0, 0.05) is 31.1 Å². The van der Waals surface area contributed by atoms with Gasteiger partial charge in [0.1, 0.15) is 0 Å². The van der Waals surface area contributed by atoms with Gasteiger partial charge in [-0.1, -0.05) is 18.2 Å². The van der Waals surface area contributed by atoms with Crippen LogP contribution in [0.1, 0.15) is 6.92 Å². The van der Waals surface area contributed by atoms with Crippen LogP contribution in [0, 0.1) is 0 Å². The van der Waals surface area contributed by atoms with Gasteiger partial charge in [0.05, 0.1) is 0 Å². The Morgan fingerprint density at radius 1 is 1.73 bits per heavy atom. The fourth-order valence-corrected chi connectivity index (χ4v) is 1.09. The molecule has 1 aliphatic rings. The summed E-state index contributed by atoms with van der Waals surface area (Å²) in [6.07, 6.45) is 8.30. The molecule has 0 radical (unpaired) electrons. The maximum Gasteiger partial charge on any atom is 0.0382 e. The van der Waals surface area contributed by atoms with Crippen LogP contribution in [0.5, 0.6) is 0 Å². The molecule has 0 saturated heterocycles. The Kier molecular flexibility index (Phi) is 2.78. The Hall–Kier alpha value is -1.18. The molecular weight excluding hydrogens is 136 g/mol. The second kappa shape index (κ2) is 3.86. The number of allylic oxidation sites excluding steroid dienone is 2. The lowest BCUT2D eigenvalue weighted by molar-refractivity contribution is 0.928. The molecule has 0 atom stereocenters. The van der Waals surface area contributed by atoms with E-state index in [2.05, 4.69) is 28.9 Å².